The molecular weight excluding hydrogens is 569 g/mol. The second kappa shape index (κ2) is 14.6. The van der Waals surface area contributed by atoms with Crippen LogP contribution < -0.4 is 25.6 Å². The number of nitrogens with one attached hydrogen (secondary N) is 3. The van der Waals surface area contributed by atoms with E-state index in [9.17, 15) is 18.1 Å². The summed E-state index contributed by atoms with van der Waals surface area (Å²) in [5.41, 5.74) is 2.88. The Kier molecular flexibility index (Phi) is 10.1. The second-order valence-corrected chi connectivity index (χ2v) is 10.5. The molecule has 2 heterocycles. The third-order valence-electron chi connectivity index (χ3n) is 7.38. The Labute approximate surface area is 253 Å². The fraction of sp³-hybridized carbons (Fsp3) is 0.235. The predicted octanol–water partition coefficient (Wildman–Crippen LogP) is 6.80. The molecule has 0 radical (unpaired) electrons. The molecule has 6 rings (SSSR count). The van der Waals surface area contributed by atoms with Crippen LogP contribution in [0.3, 0.4) is 0 Å². The van der Waals surface area contributed by atoms with Gasteiger partial charge >= 0.3 is 0 Å². The average molecular weight is 601 g/mol. The molecule has 44 heavy (non-hydrogen) atoms. The molecule has 0 bridgehead atoms. The van der Waals surface area contributed by atoms with Crippen molar-refractivity contribution in [2.75, 3.05) is 31.5 Å². The summed E-state index contributed by atoms with van der Waals surface area (Å²) < 4.78 is 46.6. The van der Waals surface area contributed by atoms with E-state index in [1.54, 1.807) is 30.3 Å². The quantitative estimate of drug-likeness (QED) is 0.216. The number of carbonyl (C=O) groups is 1. The van der Waals surface area contributed by atoms with Crippen molar-refractivity contribution >= 4 is 11.6 Å². The highest BCUT2D eigenvalue weighted by atomic mass is 19.3. The van der Waals surface area contributed by atoms with Crippen LogP contribution in [0.25, 0.3) is 22.3 Å². The lowest BCUT2D eigenvalue weighted by atomic mass is 10.0. The summed E-state index contributed by atoms with van der Waals surface area (Å²) in [4.78, 5) is 17.0. The number of hydrogen-bond donors (Lipinski definition) is 3. The molecule has 2 saturated heterocycles. The Morgan fingerprint density at radius 2 is 1.55 bits per heavy atom. The molecule has 0 spiro atoms. The molecule has 4 aromatic rings. The molecule has 2 aliphatic rings. The minimum Gasteiger partial charge on any atom is -0.488 e. The standard InChI is InChI=1S/C30H22F3N3O3.C4H9N/c31-26-8-5-20(14-27(26)32)24-13-21(6-9-29(24)39-33)30(37)36-22-7-10-28(38-23-11-12-35-17-23)25(15-22)19-3-1-18(16-34)2-4-19;1-2-4-5-3-1/h1-10,13-15,23,35H,11-12,17H2,(H,36,37);5H,1-4H2. The summed E-state index contributed by atoms with van der Waals surface area (Å²) in [7, 11) is 0. The zero-order valence-corrected chi connectivity index (χ0v) is 23.8. The third-order valence-corrected chi connectivity index (χ3v) is 7.38. The number of rotatable bonds is 7. The van der Waals surface area contributed by atoms with Crippen LogP contribution in [0.1, 0.15) is 35.2 Å². The molecule has 0 aromatic heterocycles. The molecule has 4 aromatic carbocycles. The fourth-order valence-electron chi connectivity index (χ4n) is 5.02. The fourth-order valence-corrected chi connectivity index (χ4v) is 5.02. The SMILES string of the molecule is C1CCNC1.N#Cc1ccc(-c2cc(NC(=O)c3ccc(OF)c(-c4ccc(F)c(F)c4)c3)ccc2OC2CCNC2)cc1. The number of carbonyl (C=O) groups excluding carboxylic acids is 1. The van der Waals surface area contributed by atoms with E-state index in [0.29, 0.717) is 17.0 Å². The van der Waals surface area contributed by atoms with Crippen LogP contribution in [0.2, 0.25) is 0 Å². The number of ether oxygens (including phenoxy) is 1. The number of halogens is 3. The van der Waals surface area contributed by atoms with Crippen LogP contribution in [-0.2, 0) is 0 Å². The maximum absolute atomic E-state index is 13.8. The van der Waals surface area contributed by atoms with Gasteiger partial charge in [-0.1, -0.05) is 18.2 Å². The van der Waals surface area contributed by atoms with Crippen molar-refractivity contribution in [3.8, 4) is 39.8 Å². The minimum absolute atomic E-state index is 0.00790. The lowest BCUT2D eigenvalue weighted by Gasteiger charge is -2.18. The van der Waals surface area contributed by atoms with Crippen LogP contribution in [-0.4, -0.2) is 38.2 Å². The van der Waals surface area contributed by atoms with E-state index in [1.165, 1.54) is 50.2 Å². The molecule has 2 fully saturated rings. The normalized spacial score (nSPS) is 15.5. The molecule has 3 N–H and O–H groups in total. The van der Waals surface area contributed by atoms with Gasteiger partial charge < -0.3 is 20.7 Å². The molecule has 0 saturated carbocycles. The average Bonchev–Trinajstić information content (AvgIpc) is 3.81. The molecule has 10 heteroatoms. The highest BCUT2D eigenvalue weighted by Gasteiger charge is 2.20. The first-order valence-corrected chi connectivity index (χ1v) is 14.4. The zero-order valence-electron chi connectivity index (χ0n) is 23.8. The first-order valence-electron chi connectivity index (χ1n) is 14.4. The number of nitrogens with zero attached hydrogens (tertiary/aromatic N) is 1. The topological polar surface area (TPSA) is 95.4 Å². The van der Waals surface area contributed by atoms with E-state index in [-0.39, 0.29) is 28.5 Å². The molecule has 2 aliphatic heterocycles. The van der Waals surface area contributed by atoms with Gasteiger partial charge in [0.2, 0.25) is 0 Å². The van der Waals surface area contributed by atoms with Gasteiger partial charge in [0.25, 0.3) is 5.91 Å². The van der Waals surface area contributed by atoms with Crippen molar-refractivity contribution in [2.24, 2.45) is 0 Å². The van der Waals surface area contributed by atoms with Crippen LogP contribution in [0, 0.1) is 23.0 Å². The van der Waals surface area contributed by atoms with Crippen LogP contribution in [0.5, 0.6) is 11.5 Å². The monoisotopic (exact) mass is 600 g/mol. The van der Waals surface area contributed by atoms with E-state index < -0.39 is 17.5 Å². The van der Waals surface area contributed by atoms with Crippen molar-refractivity contribution < 1.29 is 27.8 Å². The summed E-state index contributed by atoms with van der Waals surface area (Å²) in [6.45, 7) is 4.09. The third kappa shape index (κ3) is 7.56. The largest absolute Gasteiger partial charge is 0.488 e. The van der Waals surface area contributed by atoms with Gasteiger partial charge in [-0.2, -0.15) is 5.26 Å². The molecular formula is C34H31F3N4O3. The van der Waals surface area contributed by atoms with Gasteiger partial charge in [-0.3, -0.25) is 9.74 Å². The highest BCUT2D eigenvalue weighted by Crippen LogP contribution is 2.35. The van der Waals surface area contributed by atoms with Gasteiger partial charge in [0, 0.05) is 33.4 Å². The van der Waals surface area contributed by atoms with Crippen molar-refractivity contribution in [3.63, 3.8) is 0 Å². The summed E-state index contributed by atoms with van der Waals surface area (Å²) in [5, 5.41) is 18.5. The van der Waals surface area contributed by atoms with Crippen molar-refractivity contribution in [2.45, 2.75) is 25.4 Å². The summed E-state index contributed by atoms with van der Waals surface area (Å²) in [6, 6.07) is 21.4. The Balaban J connectivity index is 0.000000698. The lowest BCUT2D eigenvalue weighted by Crippen LogP contribution is -2.20. The second-order valence-electron chi connectivity index (χ2n) is 10.5. The Morgan fingerprint density at radius 3 is 2.18 bits per heavy atom. The van der Waals surface area contributed by atoms with E-state index in [0.717, 1.165) is 42.8 Å². The minimum atomic E-state index is -1.11. The van der Waals surface area contributed by atoms with E-state index in [2.05, 4.69) is 27.0 Å². The summed E-state index contributed by atoms with van der Waals surface area (Å²) >= 11 is 0. The summed E-state index contributed by atoms with van der Waals surface area (Å²) in [6.07, 6.45) is 3.65. The Bertz CT molecular complexity index is 1640. The number of hydrogen-bond acceptors (Lipinski definition) is 6. The van der Waals surface area contributed by atoms with Crippen LogP contribution in [0.15, 0.2) is 78.9 Å². The van der Waals surface area contributed by atoms with E-state index in [4.69, 9.17) is 10.00 Å². The number of amides is 1. The molecule has 0 aliphatic carbocycles. The van der Waals surface area contributed by atoms with E-state index >= 15 is 0 Å². The molecule has 1 amide bonds. The van der Waals surface area contributed by atoms with Gasteiger partial charge in [0.1, 0.15) is 11.9 Å². The van der Waals surface area contributed by atoms with Crippen LogP contribution >= 0.6 is 0 Å². The van der Waals surface area contributed by atoms with Gasteiger partial charge in [0.05, 0.1) is 11.6 Å². The zero-order chi connectivity index (χ0) is 30.9. The molecule has 7 nitrogen and oxygen atoms in total. The number of nitriles is 1. The predicted molar refractivity (Wildman–Crippen MR) is 162 cm³/mol. The number of benzene rings is 4. The smallest absolute Gasteiger partial charge is 0.255 e. The maximum Gasteiger partial charge on any atom is 0.255 e. The van der Waals surface area contributed by atoms with Crippen molar-refractivity contribution in [3.05, 3.63) is 102 Å². The van der Waals surface area contributed by atoms with Gasteiger partial charge in [-0.05, 0) is 111 Å². The first-order chi connectivity index (χ1) is 21.4. The van der Waals surface area contributed by atoms with Gasteiger partial charge in [-0.15, -0.1) is 0 Å². The Hall–Kier alpha value is -4.85. The van der Waals surface area contributed by atoms with Crippen molar-refractivity contribution in [1.29, 1.82) is 5.26 Å². The molecule has 1 unspecified atom stereocenters. The van der Waals surface area contributed by atoms with Gasteiger partial charge in [-0.25, -0.2) is 8.78 Å². The highest BCUT2D eigenvalue weighted by molar-refractivity contribution is 6.05. The number of anilines is 1. The Morgan fingerprint density at radius 1 is 0.818 bits per heavy atom. The molecule has 226 valence electrons. The van der Waals surface area contributed by atoms with Crippen molar-refractivity contribution in [1.82, 2.24) is 10.6 Å². The van der Waals surface area contributed by atoms with E-state index in [1.807, 2.05) is 12.1 Å². The van der Waals surface area contributed by atoms with Crippen LogP contribution in [0.4, 0.5) is 19.0 Å². The maximum atomic E-state index is 13.8. The first kappa shape index (κ1) is 30.6. The molecule has 1 atom stereocenters. The summed E-state index contributed by atoms with van der Waals surface area (Å²) in [5.74, 6) is -2.29. The van der Waals surface area contributed by atoms with Gasteiger partial charge in [0.15, 0.2) is 17.4 Å². The lowest BCUT2D eigenvalue weighted by molar-refractivity contribution is -0.00547.